The van der Waals surface area contributed by atoms with E-state index in [4.69, 9.17) is 9.72 Å². The molecule has 1 aromatic carbocycles. The van der Waals surface area contributed by atoms with Gasteiger partial charge in [0.2, 0.25) is 0 Å². The number of nitrogens with zero attached hydrogens (tertiary/aromatic N) is 5. The molecule has 33 heavy (non-hydrogen) atoms. The molecule has 0 unspecified atom stereocenters. The summed E-state index contributed by atoms with van der Waals surface area (Å²) in [7, 11) is 0. The number of fused-ring (bicyclic) bond motifs is 4. The van der Waals surface area contributed by atoms with E-state index >= 15 is 0 Å². The van der Waals surface area contributed by atoms with Crippen molar-refractivity contribution in [1.29, 1.82) is 0 Å². The van der Waals surface area contributed by atoms with E-state index in [0.29, 0.717) is 47.5 Å². The highest BCUT2D eigenvalue weighted by atomic mass is 19.1. The van der Waals surface area contributed by atoms with Crippen LogP contribution in [0.15, 0.2) is 48.9 Å². The second-order valence-electron chi connectivity index (χ2n) is 8.87. The summed E-state index contributed by atoms with van der Waals surface area (Å²) < 4.78 is 21.6. The van der Waals surface area contributed by atoms with Gasteiger partial charge in [0.25, 0.3) is 6.01 Å². The van der Waals surface area contributed by atoms with Crippen molar-refractivity contribution in [2.45, 2.75) is 25.8 Å². The van der Waals surface area contributed by atoms with Crippen molar-refractivity contribution in [3.8, 4) is 17.4 Å². The molecular weight excluding hydrogens is 421 g/mol. The molecule has 0 spiro atoms. The van der Waals surface area contributed by atoms with Crippen molar-refractivity contribution in [3.05, 3.63) is 60.3 Å². The second kappa shape index (κ2) is 7.26. The highest BCUT2D eigenvalue weighted by Crippen LogP contribution is 2.37. The Bertz CT molecular complexity index is 1500. The predicted octanol–water partition coefficient (Wildman–Crippen LogP) is 4.29. The number of hydrogen-bond donors (Lipinski definition) is 2. The number of rotatable bonds is 5. The maximum Gasteiger partial charge on any atom is 0.299 e. The molecule has 0 aliphatic carbocycles. The minimum atomic E-state index is -0.437. The Morgan fingerprint density at radius 3 is 2.94 bits per heavy atom. The van der Waals surface area contributed by atoms with Crippen LogP contribution in [0.2, 0.25) is 0 Å². The molecular formula is C24H22FN7O. The summed E-state index contributed by atoms with van der Waals surface area (Å²) in [6.07, 6.45) is 5.46. The summed E-state index contributed by atoms with van der Waals surface area (Å²) in [6, 6.07) is 10.3. The van der Waals surface area contributed by atoms with Crippen LogP contribution >= 0.6 is 0 Å². The number of imidazole rings is 1. The quantitative estimate of drug-likeness (QED) is 0.421. The summed E-state index contributed by atoms with van der Waals surface area (Å²) in [5.41, 5.74) is 3.81. The van der Waals surface area contributed by atoms with Gasteiger partial charge in [-0.25, -0.2) is 14.4 Å². The molecule has 1 aliphatic heterocycles. The number of nitrogens with one attached hydrogen (secondary N) is 2. The maximum atomic E-state index is 13.9. The number of anilines is 1. The van der Waals surface area contributed by atoms with Crippen LogP contribution in [0.5, 0.6) is 6.01 Å². The smallest absolute Gasteiger partial charge is 0.299 e. The van der Waals surface area contributed by atoms with Gasteiger partial charge in [-0.1, -0.05) is 6.07 Å². The van der Waals surface area contributed by atoms with E-state index in [9.17, 15) is 4.39 Å². The number of pyridine rings is 1. The third kappa shape index (κ3) is 3.36. The number of ether oxygens (including phenoxy) is 1. The molecule has 1 aliphatic rings. The molecule has 2 N–H and O–H groups in total. The van der Waals surface area contributed by atoms with Crippen LogP contribution in [0.3, 0.4) is 0 Å². The lowest BCUT2D eigenvalue weighted by molar-refractivity contribution is 0.268. The minimum absolute atomic E-state index is 0.306. The molecule has 0 atom stereocenters. The zero-order valence-corrected chi connectivity index (χ0v) is 18.3. The topological polar surface area (TPSA) is 93.5 Å². The zero-order valence-electron chi connectivity index (χ0n) is 18.3. The van der Waals surface area contributed by atoms with E-state index in [1.807, 2.05) is 10.8 Å². The Balaban J connectivity index is 1.38. The Labute approximate surface area is 188 Å². The summed E-state index contributed by atoms with van der Waals surface area (Å²) in [5.74, 6) is 0.535. The van der Waals surface area contributed by atoms with Gasteiger partial charge in [0.15, 0.2) is 22.8 Å². The Hall–Kier alpha value is -4.01. The van der Waals surface area contributed by atoms with Gasteiger partial charge >= 0.3 is 0 Å². The lowest BCUT2D eigenvalue weighted by Gasteiger charge is -2.18. The van der Waals surface area contributed by atoms with Crippen LogP contribution in [0, 0.1) is 5.82 Å². The summed E-state index contributed by atoms with van der Waals surface area (Å²) in [5, 5.41) is 4.60. The number of hydrogen-bond acceptors (Lipinski definition) is 6. The van der Waals surface area contributed by atoms with Gasteiger partial charge in [-0.2, -0.15) is 4.98 Å². The van der Waals surface area contributed by atoms with Crippen molar-refractivity contribution in [2.24, 2.45) is 0 Å². The summed E-state index contributed by atoms with van der Waals surface area (Å²) in [4.78, 5) is 21.2. The van der Waals surface area contributed by atoms with Crippen LogP contribution in [0.25, 0.3) is 33.5 Å². The zero-order chi connectivity index (χ0) is 22.6. The van der Waals surface area contributed by atoms with Gasteiger partial charge in [0.1, 0.15) is 12.4 Å². The average molecular weight is 443 g/mol. The molecule has 5 aromatic rings. The molecule has 0 saturated heterocycles. The largest absolute Gasteiger partial charge is 0.462 e. The molecule has 0 radical (unpaired) electrons. The highest BCUT2D eigenvalue weighted by Gasteiger charge is 2.36. The maximum absolute atomic E-state index is 13.9. The van der Waals surface area contributed by atoms with Crippen molar-refractivity contribution in [2.75, 3.05) is 18.5 Å². The third-order valence-electron chi connectivity index (χ3n) is 5.92. The summed E-state index contributed by atoms with van der Waals surface area (Å²) in [6.45, 7) is 5.30. The van der Waals surface area contributed by atoms with E-state index < -0.39 is 5.82 Å². The molecule has 0 amide bonds. The molecule has 6 rings (SSSR count). The first kappa shape index (κ1) is 19.7. The van der Waals surface area contributed by atoms with Crippen LogP contribution in [-0.4, -0.2) is 42.6 Å². The van der Waals surface area contributed by atoms with Crippen molar-refractivity contribution in [1.82, 2.24) is 29.5 Å². The molecule has 166 valence electrons. The molecule has 4 aromatic heterocycles. The summed E-state index contributed by atoms with van der Waals surface area (Å²) >= 11 is 0. The van der Waals surface area contributed by atoms with Gasteiger partial charge in [0.05, 0.1) is 11.7 Å². The van der Waals surface area contributed by atoms with E-state index in [0.717, 1.165) is 18.1 Å². The SMILES string of the molecule is CC1(C)COc2nc3c(NCCc4ccc5[nH]ccc5c4)nc(-c4cncc(F)c4)nc3n21. The van der Waals surface area contributed by atoms with Crippen molar-refractivity contribution < 1.29 is 9.13 Å². The molecule has 8 nitrogen and oxygen atoms in total. The number of benzene rings is 1. The van der Waals surface area contributed by atoms with Gasteiger partial charge in [0, 0.05) is 30.0 Å². The van der Waals surface area contributed by atoms with Crippen LogP contribution in [0.1, 0.15) is 19.4 Å². The number of H-pyrrole nitrogens is 1. The third-order valence-corrected chi connectivity index (χ3v) is 5.92. The molecule has 9 heteroatoms. The van der Waals surface area contributed by atoms with E-state index in [1.54, 1.807) is 6.20 Å². The Morgan fingerprint density at radius 1 is 1.15 bits per heavy atom. The van der Waals surface area contributed by atoms with Crippen LogP contribution in [0.4, 0.5) is 10.2 Å². The monoisotopic (exact) mass is 443 g/mol. The van der Waals surface area contributed by atoms with E-state index in [-0.39, 0.29) is 5.54 Å². The average Bonchev–Trinajstić information content (AvgIpc) is 3.49. The van der Waals surface area contributed by atoms with Crippen molar-refractivity contribution in [3.63, 3.8) is 0 Å². The highest BCUT2D eigenvalue weighted by molar-refractivity contribution is 5.86. The number of aromatic amines is 1. The van der Waals surface area contributed by atoms with Crippen LogP contribution < -0.4 is 10.1 Å². The molecule has 0 fully saturated rings. The minimum Gasteiger partial charge on any atom is -0.462 e. The lowest BCUT2D eigenvalue weighted by atomic mass is 10.1. The molecule has 0 saturated carbocycles. The van der Waals surface area contributed by atoms with Crippen molar-refractivity contribution >= 4 is 27.9 Å². The van der Waals surface area contributed by atoms with Gasteiger partial charge < -0.3 is 15.0 Å². The molecule has 0 bridgehead atoms. The fourth-order valence-electron chi connectivity index (χ4n) is 4.26. The van der Waals surface area contributed by atoms with Gasteiger partial charge in [-0.15, -0.1) is 0 Å². The fourth-order valence-corrected chi connectivity index (χ4v) is 4.26. The first-order valence-electron chi connectivity index (χ1n) is 10.8. The second-order valence-corrected chi connectivity index (χ2v) is 8.87. The predicted molar refractivity (Wildman–Crippen MR) is 124 cm³/mol. The first-order chi connectivity index (χ1) is 16.0. The first-order valence-corrected chi connectivity index (χ1v) is 10.8. The normalized spacial score (nSPS) is 14.5. The standard InChI is InChI=1S/C24H22FN7O/c1-24(2)13-33-23-29-19-21(28-7-5-14-3-4-18-15(9-14)6-8-27-18)30-20(31-22(19)32(23)24)16-10-17(25)12-26-11-16/h3-4,6,8-12,27H,5,7,13H2,1-2H3,(H,28,30,31). The van der Waals surface area contributed by atoms with E-state index in [1.165, 1.54) is 17.0 Å². The number of aromatic nitrogens is 6. The van der Waals surface area contributed by atoms with Gasteiger partial charge in [-0.3, -0.25) is 9.55 Å². The lowest BCUT2D eigenvalue weighted by Crippen LogP contribution is -2.25. The van der Waals surface area contributed by atoms with Gasteiger partial charge in [-0.05, 0) is 55.5 Å². The van der Waals surface area contributed by atoms with Crippen LogP contribution in [-0.2, 0) is 12.0 Å². The fraction of sp³-hybridized carbons (Fsp3) is 0.250. The Kier molecular flexibility index (Phi) is 4.33. The molecule has 5 heterocycles. The number of halogens is 1. The Morgan fingerprint density at radius 2 is 2.06 bits per heavy atom. The van der Waals surface area contributed by atoms with E-state index in [2.05, 4.69) is 63.4 Å².